The van der Waals surface area contributed by atoms with Crippen LogP contribution in [0.4, 0.5) is 0 Å². The lowest BCUT2D eigenvalue weighted by molar-refractivity contribution is 0.443. The molecule has 20 heavy (non-hydrogen) atoms. The first-order valence-electron chi connectivity index (χ1n) is 7.44. The van der Waals surface area contributed by atoms with Gasteiger partial charge in [0.1, 0.15) is 5.75 Å². The topological polar surface area (TPSA) is 44.1 Å². The van der Waals surface area contributed by atoms with E-state index in [4.69, 9.17) is 5.41 Å². The molecular weight excluding hydrogens is 246 g/mol. The van der Waals surface area contributed by atoms with E-state index in [0.717, 1.165) is 12.0 Å². The van der Waals surface area contributed by atoms with Gasteiger partial charge in [0.15, 0.2) is 0 Å². The Labute approximate surface area is 123 Å². The lowest BCUT2D eigenvalue weighted by atomic mass is 9.78. The Kier molecular flexibility index (Phi) is 4.68. The summed E-state index contributed by atoms with van der Waals surface area (Å²) >= 11 is 0. The Morgan fingerprint density at radius 2 is 1.60 bits per heavy atom. The molecule has 0 saturated carbocycles. The van der Waals surface area contributed by atoms with Crippen LogP contribution < -0.4 is 0 Å². The summed E-state index contributed by atoms with van der Waals surface area (Å²) in [5, 5.41) is 18.8. The van der Waals surface area contributed by atoms with Crippen molar-refractivity contribution in [3.8, 4) is 5.75 Å². The second-order valence-corrected chi connectivity index (χ2v) is 7.65. The summed E-state index contributed by atoms with van der Waals surface area (Å²) in [6.45, 7) is 14.9. The van der Waals surface area contributed by atoms with Crippen molar-refractivity contribution in [2.45, 2.75) is 72.1 Å². The number of rotatable bonds is 3. The highest BCUT2D eigenvalue weighted by atomic mass is 16.3. The molecule has 0 bridgehead atoms. The third kappa shape index (κ3) is 3.62. The standard InChI is InChI=1S/C18H29NO/c1-8-9-15(19)13-10-12(17(2,3)4)11-14(16(13)20)18(5,6)7/h10-11,19-20H,8-9H2,1-7H3. The molecule has 0 atom stereocenters. The molecule has 0 aliphatic carbocycles. The van der Waals surface area contributed by atoms with Crippen molar-refractivity contribution in [2.24, 2.45) is 0 Å². The Morgan fingerprint density at radius 1 is 1.05 bits per heavy atom. The fourth-order valence-electron chi connectivity index (χ4n) is 2.25. The van der Waals surface area contributed by atoms with Crippen LogP contribution in [0.15, 0.2) is 12.1 Å². The Morgan fingerprint density at radius 3 is 2.00 bits per heavy atom. The van der Waals surface area contributed by atoms with Crippen LogP contribution in [0, 0.1) is 5.41 Å². The molecule has 0 radical (unpaired) electrons. The number of hydrogen-bond acceptors (Lipinski definition) is 2. The first-order valence-corrected chi connectivity index (χ1v) is 7.44. The number of phenols is 1. The fraction of sp³-hybridized carbons (Fsp3) is 0.611. The predicted molar refractivity (Wildman–Crippen MR) is 87.2 cm³/mol. The number of nitrogens with one attached hydrogen (secondary N) is 1. The van der Waals surface area contributed by atoms with Crippen LogP contribution in [-0.2, 0) is 10.8 Å². The van der Waals surface area contributed by atoms with Gasteiger partial charge in [-0.1, -0.05) is 61.0 Å². The summed E-state index contributed by atoms with van der Waals surface area (Å²) in [5.74, 6) is 0.281. The van der Waals surface area contributed by atoms with Gasteiger partial charge in [-0.3, -0.25) is 0 Å². The van der Waals surface area contributed by atoms with Crippen molar-refractivity contribution in [1.82, 2.24) is 0 Å². The van der Waals surface area contributed by atoms with Gasteiger partial charge in [0, 0.05) is 16.8 Å². The second kappa shape index (κ2) is 5.59. The zero-order chi connectivity index (χ0) is 15.7. The van der Waals surface area contributed by atoms with Crippen molar-refractivity contribution in [3.05, 3.63) is 28.8 Å². The van der Waals surface area contributed by atoms with Gasteiger partial charge >= 0.3 is 0 Å². The van der Waals surface area contributed by atoms with E-state index in [1.54, 1.807) is 0 Å². The zero-order valence-corrected chi connectivity index (χ0v) is 14.0. The first kappa shape index (κ1) is 16.7. The summed E-state index contributed by atoms with van der Waals surface area (Å²) in [6.07, 6.45) is 1.62. The smallest absolute Gasteiger partial charge is 0.128 e. The van der Waals surface area contributed by atoms with Gasteiger partial charge in [-0.25, -0.2) is 0 Å². The van der Waals surface area contributed by atoms with Gasteiger partial charge in [0.25, 0.3) is 0 Å². The minimum absolute atomic E-state index is 0.00887. The molecule has 1 rings (SSSR count). The summed E-state index contributed by atoms with van der Waals surface area (Å²) in [5.41, 5.74) is 3.21. The minimum atomic E-state index is -0.132. The molecule has 2 nitrogen and oxygen atoms in total. The van der Waals surface area contributed by atoms with E-state index in [-0.39, 0.29) is 16.6 Å². The highest BCUT2D eigenvalue weighted by Gasteiger charge is 2.25. The quantitative estimate of drug-likeness (QED) is 0.736. The van der Waals surface area contributed by atoms with Crippen molar-refractivity contribution in [1.29, 1.82) is 5.41 Å². The lowest BCUT2D eigenvalue weighted by Gasteiger charge is -2.27. The maximum absolute atomic E-state index is 10.6. The molecule has 1 aromatic rings. The molecule has 0 heterocycles. The molecule has 0 aliphatic heterocycles. The molecule has 0 spiro atoms. The van der Waals surface area contributed by atoms with E-state index >= 15 is 0 Å². The van der Waals surface area contributed by atoms with Gasteiger partial charge in [-0.2, -0.15) is 0 Å². The van der Waals surface area contributed by atoms with Crippen molar-refractivity contribution in [3.63, 3.8) is 0 Å². The fourth-order valence-corrected chi connectivity index (χ4v) is 2.25. The summed E-state index contributed by atoms with van der Waals surface area (Å²) in [4.78, 5) is 0. The van der Waals surface area contributed by atoms with Gasteiger partial charge in [0.2, 0.25) is 0 Å². The van der Waals surface area contributed by atoms with Crippen LogP contribution in [0.25, 0.3) is 0 Å². The maximum atomic E-state index is 10.6. The first-order chi connectivity index (χ1) is 8.98. The van der Waals surface area contributed by atoms with Crippen LogP contribution in [0.1, 0.15) is 78.0 Å². The van der Waals surface area contributed by atoms with Crippen LogP contribution in [0.2, 0.25) is 0 Å². The average Bonchev–Trinajstić information content (AvgIpc) is 2.26. The molecule has 2 heteroatoms. The Balaban J connectivity index is 3.55. The highest BCUT2D eigenvalue weighted by molar-refractivity contribution is 6.01. The van der Waals surface area contributed by atoms with E-state index in [1.807, 2.05) is 6.07 Å². The molecule has 0 fully saturated rings. The van der Waals surface area contributed by atoms with E-state index in [9.17, 15) is 5.11 Å². The predicted octanol–water partition coefficient (Wildman–Crippen LogP) is 5.16. The highest BCUT2D eigenvalue weighted by Crippen LogP contribution is 2.38. The zero-order valence-electron chi connectivity index (χ0n) is 14.0. The molecule has 0 aromatic heterocycles. The molecule has 0 saturated heterocycles. The third-order valence-corrected chi connectivity index (χ3v) is 3.61. The van der Waals surface area contributed by atoms with Crippen LogP contribution in [0.3, 0.4) is 0 Å². The number of phenolic OH excluding ortho intramolecular Hbond substituents is 1. The molecule has 2 N–H and O–H groups in total. The molecular formula is C18H29NO. The molecule has 112 valence electrons. The summed E-state index contributed by atoms with van der Waals surface area (Å²) in [6, 6.07) is 4.08. The largest absolute Gasteiger partial charge is 0.507 e. The van der Waals surface area contributed by atoms with Crippen LogP contribution in [0.5, 0.6) is 5.75 Å². The van der Waals surface area contributed by atoms with Crippen molar-refractivity contribution < 1.29 is 5.11 Å². The van der Waals surface area contributed by atoms with E-state index < -0.39 is 0 Å². The second-order valence-electron chi connectivity index (χ2n) is 7.65. The van der Waals surface area contributed by atoms with Gasteiger partial charge in [0.05, 0.1) is 0 Å². The van der Waals surface area contributed by atoms with E-state index in [2.05, 4.69) is 54.5 Å². The monoisotopic (exact) mass is 275 g/mol. The summed E-state index contributed by atoms with van der Waals surface area (Å²) in [7, 11) is 0. The van der Waals surface area contributed by atoms with Crippen LogP contribution >= 0.6 is 0 Å². The van der Waals surface area contributed by atoms with E-state index in [0.29, 0.717) is 17.7 Å². The Hall–Kier alpha value is -1.31. The molecule has 1 aromatic carbocycles. The third-order valence-electron chi connectivity index (χ3n) is 3.61. The van der Waals surface area contributed by atoms with Gasteiger partial charge < -0.3 is 10.5 Å². The van der Waals surface area contributed by atoms with Crippen molar-refractivity contribution in [2.75, 3.05) is 0 Å². The molecule has 0 aliphatic rings. The molecule has 0 amide bonds. The molecule has 0 unspecified atom stereocenters. The van der Waals surface area contributed by atoms with Gasteiger partial charge in [-0.15, -0.1) is 0 Å². The Bertz CT molecular complexity index is 501. The minimum Gasteiger partial charge on any atom is -0.507 e. The normalized spacial score (nSPS) is 12.6. The number of hydrogen-bond donors (Lipinski definition) is 2. The lowest BCUT2D eigenvalue weighted by Crippen LogP contribution is -2.18. The number of aromatic hydroxyl groups is 1. The van der Waals surface area contributed by atoms with Gasteiger partial charge in [-0.05, 0) is 28.9 Å². The van der Waals surface area contributed by atoms with Crippen molar-refractivity contribution >= 4 is 5.71 Å². The SMILES string of the molecule is CCCC(=N)c1cc(C(C)(C)C)cc(C(C)(C)C)c1O. The number of benzene rings is 1. The average molecular weight is 275 g/mol. The van der Waals surface area contributed by atoms with Crippen LogP contribution in [-0.4, -0.2) is 10.8 Å². The maximum Gasteiger partial charge on any atom is 0.128 e. The van der Waals surface area contributed by atoms with E-state index in [1.165, 1.54) is 5.56 Å². The summed E-state index contributed by atoms with van der Waals surface area (Å²) < 4.78 is 0.